The van der Waals surface area contributed by atoms with Crippen LogP contribution in [-0.4, -0.2) is 32.5 Å². The number of nitrogens with zero attached hydrogens (tertiary/aromatic N) is 3. The lowest BCUT2D eigenvalue weighted by atomic mass is 10.0. The van der Waals surface area contributed by atoms with Gasteiger partial charge in [-0.1, -0.05) is 0 Å². The fourth-order valence-corrected chi connectivity index (χ4v) is 3.16. The van der Waals surface area contributed by atoms with Gasteiger partial charge in [0.15, 0.2) is 10.4 Å². The van der Waals surface area contributed by atoms with E-state index in [1.165, 1.54) is 0 Å². The first-order chi connectivity index (χ1) is 8.57. The summed E-state index contributed by atoms with van der Waals surface area (Å²) >= 11 is 5.49. The summed E-state index contributed by atoms with van der Waals surface area (Å²) in [5.74, 6) is 0. The van der Waals surface area contributed by atoms with Crippen LogP contribution < -0.4 is 0 Å². The highest BCUT2D eigenvalue weighted by Crippen LogP contribution is 2.31. The summed E-state index contributed by atoms with van der Waals surface area (Å²) < 4.78 is 10.5. The summed E-state index contributed by atoms with van der Waals surface area (Å²) in [5.41, 5.74) is 3.08. The Morgan fingerprint density at radius 1 is 1.56 bits per heavy atom. The summed E-state index contributed by atoms with van der Waals surface area (Å²) in [7, 11) is 0. The number of hydrogen-bond donors (Lipinski definition) is 1. The van der Waals surface area contributed by atoms with Gasteiger partial charge in [0.2, 0.25) is 0 Å². The van der Waals surface area contributed by atoms with Crippen molar-refractivity contribution in [1.29, 1.82) is 0 Å². The van der Waals surface area contributed by atoms with Crippen LogP contribution in [0.25, 0.3) is 11.2 Å². The van der Waals surface area contributed by atoms with Crippen molar-refractivity contribution >= 4 is 23.4 Å². The Morgan fingerprint density at radius 3 is 2.94 bits per heavy atom. The number of nitrogens with one attached hydrogen (secondary N) is 1. The van der Waals surface area contributed by atoms with E-state index in [1.807, 2.05) is 11.6 Å². The zero-order chi connectivity index (χ0) is 12.9. The van der Waals surface area contributed by atoms with Crippen LogP contribution in [0.4, 0.5) is 0 Å². The van der Waals surface area contributed by atoms with Crippen LogP contribution in [0.1, 0.15) is 26.0 Å². The molecule has 2 aromatic heterocycles. The maximum Gasteiger partial charge on any atom is 0.179 e. The van der Waals surface area contributed by atoms with Gasteiger partial charge in [0.05, 0.1) is 17.8 Å². The summed E-state index contributed by atoms with van der Waals surface area (Å²) in [5, 5.41) is 4.55. The van der Waals surface area contributed by atoms with Crippen LogP contribution in [0.5, 0.6) is 0 Å². The molecular formula is C12H18N4OS. The van der Waals surface area contributed by atoms with E-state index in [-0.39, 0.29) is 5.54 Å². The molecule has 1 aliphatic heterocycles. The van der Waals surface area contributed by atoms with Crippen molar-refractivity contribution in [3.8, 4) is 0 Å². The smallest absolute Gasteiger partial charge is 0.179 e. The highest BCUT2D eigenvalue weighted by atomic mass is 32.1. The lowest BCUT2D eigenvalue weighted by Gasteiger charge is -2.24. The maximum absolute atomic E-state index is 5.56. The topological polar surface area (TPSA) is 47.8 Å². The van der Waals surface area contributed by atoms with Crippen LogP contribution in [0.15, 0.2) is 0 Å². The molecule has 2 aromatic rings. The SMILES string of the molecule is CCn1nc(C)c2[nH]c(=S)n(C3(C)CCOC3)c21. The zero-order valence-electron chi connectivity index (χ0n) is 11.0. The van der Waals surface area contributed by atoms with Gasteiger partial charge in [-0.15, -0.1) is 0 Å². The first-order valence-corrected chi connectivity index (χ1v) is 6.74. The number of aromatic nitrogens is 4. The highest BCUT2D eigenvalue weighted by Gasteiger charge is 2.35. The van der Waals surface area contributed by atoms with Gasteiger partial charge < -0.3 is 9.72 Å². The molecule has 0 radical (unpaired) electrons. The highest BCUT2D eigenvalue weighted by molar-refractivity contribution is 7.71. The fourth-order valence-electron chi connectivity index (χ4n) is 2.76. The molecule has 0 aromatic carbocycles. The van der Waals surface area contributed by atoms with E-state index < -0.39 is 0 Å². The van der Waals surface area contributed by atoms with Crippen LogP contribution in [0, 0.1) is 11.7 Å². The van der Waals surface area contributed by atoms with E-state index in [0.717, 1.165) is 41.2 Å². The third-order valence-corrected chi connectivity index (χ3v) is 4.07. The van der Waals surface area contributed by atoms with Crippen molar-refractivity contribution < 1.29 is 4.74 Å². The Kier molecular flexibility index (Phi) is 2.60. The number of fused-ring (bicyclic) bond motifs is 1. The lowest BCUT2D eigenvalue weighted by Crippen LogP contribution is -2.31. The van der Waals surface area contributed by atoms with Crippen LogP contribution in [0.2, 0.25) is 0 Å². The summed E-state index contributed by atoms with van der Waals surface area (Å²) in [6.45, 7) is 8.66. The van der Waals surface area contributed by atoms with Gasteiger partial charge in [-0.25, -0.2) is 4.68 Å². The number of imidazole rings is 1. The summed E-state index contributed by atoms with van der Waals surface area (Å²) in [6, 6.07) is 0. The molecule has 3 heterocycles. The van der Waals surface area contributed by atoms with Crippen LogP contribution in [-0.2, 0) is 16.8 Å². The Bertz CT molecular complexity index is 645. The number of ether oxygens (including phenoxy) is 1. The van der Waals surface area contributed by atoms with Crippen molar-refractivity contribution in [2.45, 2.75) is 39.3 Å². The Balaban J connectivity index is 2.34. The maximum atomic E-state index is 5.56. The van der Waals surface area contributed by atoms with Gasteiger partial charge in [-0.3, -0.25) is 4.57 Å². The lowest BCUT2D eigenvalue weighted by molar-refractivity contribution is 0.162. The molecule has 0 saturated carbocycles. The largest absolute Gasteiger partial charge is 0.379 e. The standard InChI is InChI=1S/C12H18N4OS/c1-4-15-10-9(8(2)14-15)13-11(18)16(10)12(3)5-6-17-7-12/h4-7H2,1-3H3,(H,13,18). The minimum absolute atomic E-state index is 0.0608. The third kappa shape index (κ3) is 1.48. The molecule has 6 heteroatoms. The molecule has 1 N–H and O–H groups in total. The number of hydrogen-bond acceptors (Lipinski definition) is 3. The van der Waals surface area contributed by atoms with Gasteiger partial charge in [0.1, 0.15) is 5.52 Å². The van der Waals surface area contributed by atoms with Crippen molar-refractivity contribution in [3.63, 3.8) is 0 Å². The minimum Gasteiger partial charge on any atom is -0.379 e. The molecule has 98 valence electrons. The first kappa shape index (κ1) is 11.9. The molecule has 1 saturated heterocycles. The predicted molar refractivity (Wildman–Crippen MR) is 72.4 cm³/mol. The second-order valence-electron chi connectivity index (χ2n) is 5.16. The predicted octanol–water partition coefficient (Wildman–Crippen LogP) is 2.36. The number of rotatable bonds is 2. The average Bonchev–Trinajstić information content (AvgIpc) is 2.97. The van der Waals surface area contributed by atoms with E-state index in [4.69, 9.17) is 17.0 Å². The Morgan fingerprint density at radius 2 is 2.33 bits per heavy atom. The molecule has 0 amide bonds. The summed E-state index contributed by atoms with van der Waals surface area (Å²) in [4.78, 5) is 3.29. The zero-order valence-corrected chi connectivity index (χ0v) is 11.8. The Labute approximate surface area is 111 Å². The molecule has 0 aliphatic carbocycles. The van der Waals surface area contributed by atoms with Gasteiger partial charge in [-0.2, -0.15) is 5.10 Å². The van der Waals surface area contributed by atoms with Crippen molar-refractivity contribution in [2.75, 3.05) is 13.2 Å². The molecule has 0 bridgehead atoms. The van der Waals surface area contributed by atoms with E-state index >= 15 is 0 Å². The second kappa shape index (κ2) is 3.93. The Hall–Kier alpha value is -1.14. The van der Waals surface area contributed by atoms with Crippen molar-refractivity contribution in [2.24, 2.45) is 0 Å². The van der Waals surface area contributed by atoms with Crippen molar-refractivity contribution in [1.82, 2.24) is 19.3 Å². The van der Waals surface area contributed by atoms with Crippen LogP contribution >= 0.6 is 12.2 Å². The molecule has 1 unspecified atom stereocenters. The minimum atomic E-state index is -0.0608. The number of H-pyrrole nitrogens is 1. The number of aromatic amines is 1. The van der Waals surface area contributed by atoms with Gasteiger partial charge in [0.25, 0.3) is 0 Å². The van der Waals surface area contributed by atoms with Crippen LogP contribution in [0.3, 0.4) is 0 Å². The molecule has 1 atom stereocenters. The molecule has 1 aliphatic rings. The summed E-state index contributed by atoms with van der Waals surface area (Å²) in [6.07, 6.45) is 0.988. The van der Waals surface area contributed by atoms with E-state index in [0.29, 0.717) is 6.61 Å². The second-order valence-corrected chi connectivity index (χ2v) is 5.55. The molecular weight excluding hydrogens is 248 g/mol. The van der Waals surface area contributed by atoms with Crippen molar-refractivity contribution in [3.05, 3.63) is 10.5 Å². The quantitative estimate of drug-likeness (QED) is 0.849. The molecule has 5 nitrogen and oxygen atoms in total. The van der Waals surface area contributed by atoms with E-state index in [1.54, 1.807) is 0 Å². The average molecular weight is 266 g/mol. The first-order valence-electron chi connectivity index (χ1n) is 6.33. The number of aryl methyl sites for hydroxylation is 2. The molecule has 0 spiro atoms. The molecule has 18 heavy (non-hydrogen) atoms. The molecule has 1 fully saturated rings. The van der Waals surface area contributed by atoms with Gasteiger partial charge >= 0.3 is 0 Å². The van der Waals surface area contributed by atoms with Gasteiger partial charge in [0, 0.05) is 13.2 Å². The molecule has 3 rings (SSSR count). The van der Waals surface area contributed by atoms with E-state index in [9.17, 15) is 0 Å². The van der Waals surface area contributed by atoms with Gasteiger partial charge in [-0.05, 0) is 39.4 Å². The third-order valence-electron chi connectivity index (χ3n) is 3.78. The normalized spacial score (nSPS) is 24.2. The fraction of sp³-hybridized carbons (Fsp3) is 0.667. The monoisotopic (exact) mass is 266 g/mol. The van der Waals surface area contributed by atoms with E-state index in [2.05, 4.69) is 28.5 Å².